The number of nitrogens with zero attached hydrogens (tertiary/aromatic N) is 1. The number of carbonyl (C=O) groups excluding carboxylic acids is 1. The lowest BCUT2D eigenvalue weighted by Crippen LogP contribution is -2.39. The van der Waals surface area contributed by atoms with Gasteiger partial charge >= 0.3 is 0 Å². The van der Waals surface area contributed by atoms with Crippen molar-refractivity contribution < 1.29 is 4.79 Å². The van der Waals surface area contributed by atoms with Gasteiger partial charge in [0.2, 0.25) is 5.91 Å². The molecular weight excluding hydrogens is 184 g/mol. The van der Waals surface area contributed by atoms with Gasteiger partial charge in [0, 0.05) is 18.3 Å². The van der Waals surface area contributed by atoms with Crippen LogP contribution in [0.2, 0.25) is 0 Å². The molecule has 0 heterocycles. The van der Waals surface area contributed by atoms with Crippen molar-refractivity contribution >= 4 is 18.5 Å². The molecule has 0 saturated heterocycles. The number of thiol groups is 1. The first kappa shape index (κ1) is 12.8. The molecule has 1 unspecified atom stereocenters. The summed E-state index contributed by atoms with van der Waals surface area (Å²) in [7, 11) is 0. The van der Waals surface area contributed by atoms with Crippen LogP contribution in [0.25, 0.3) is 0 Å². The molecule has 0 radical (unpaired) electrons. The highest BCUT2D eigenvalue weighted by Crippen LogP contribution is 1.97. The highest BCUT2D eigenvalue weighted by Gasteiger charge is 2.09. The Bertz CT molecular complexity index is 151. The second kappa shape index (κ2) is 7.21. The van der Waals surface area contributed by atoms with Crippen molar-refractivity contribution in [2.45, 2.75) is 26.0 Å². The van der Waals surface area contributed by atoms with Crippen LogP contribution in [0.1, 0.15) is 20.8 Å². The third-order valence-corrected chi connectivity index (χ3v) is 1.87. The number of nitrogens with one attached hydrogen (secondary N) is 1. The van der Waals surface area contributed by atoms with Gasteiger partial charge in [0.25, 0.3) is 0 Å². The third-order valence-electron chi connectivity index (χ3n) is 1.71. The first-order chi connectivity index (χ1) is 6.10. The van der Waals surface area contributed by atoms with E-state index in [2.05, 4.69) is 29.8 Å². The van der Waals surface area contributed by atoms with Crippen molar-refractivity contribution in [1.82, 2.24) is 10.2 Å². The predicted molar refractivity (Wildman–Crippen MR) is 59.2 cm³/mol. The lowest BCUT2D eigenvalue weighted by Gasteiger charge is -2.21. The fourth-order valence-corrected chi connectivity index (χ4v) is 1.37. The quantitative estimate of drug-likeness (QED) is 0.626. The maximum atomic E-state index is 11.2. The molecular formula is C9H20N2OS. The molecule has 0 aromatic carbocycles. The molecule has 0 spiro atoms. The van der Waals surface area contributed by atoms with Crippen LogP contribution in [0.15, 0.2) is 0 Å². The number of carbonyl (C=O) groups is 1. The van der Waals surface area contributed by atoms with E-state index in [-0.39, 0.29) is 5.91 Å². The Morgan fingerprint density at radius 2 is 2.15 bits per heavy atom. The minimum absolute atomic E-state index is 0.0957. The molecule has 13 heavy (non-hydrogen) atoms. The zero-order chi connectivity index (χ0) is 10.3. The van der Waals surface area contributed by atoms with Crippen LogP contribution >= 0.6 is 12.6 Å². The van der Waals surface area contributed by atoms with Gasteiger partial charge in [0.15, 0.2) is 0 Å². The summed E-state index contributed by atoms with van der Waals surface area (Å²) in [4.78, 5) is 13.3. The van der Waals surface area contributed by atoms with Crippen LogP contribution in [0.5, 0.6) is 0 Å². The molecule has 0 rings (SSSR count). The van der Waals surface area contributed by atoms with Crippen LogP contribution in [0.3, 0.4) is 0 Å². The molecule has 0 aliphatic rings. The van der Waals surface area contributed by atoms with E-state index < -0.39 is 0 Å². The fourth-order valence-electron chi connectivity index (χ4n) is 1.14. The number of amides is 1. The smallest absolute Gasteiger partial charge is 0.234 e. The molecule has 0 aromatic heterocycles. The van der Waals surface area contributed by atoms with Crippen molar-refractivity contribution in [3.05, 3.63) is 0 Å². The van der Waals surface area contributed by atoms with Crippen molar-refractivity contribution in [3.63, 3.8) is 0 Å². The summed E-state index contributed by atoms with van der Waals surface area (Å²) in [6.07, 6.45) is 0. The van der Waals surface area contributed by atoms with Gasteiger partial charge in [-0.15, -0.1) is 0 Å². The molecule has 0 aliphatic carbocycles. The van der Waals surface area contributed by atoms with Crippen LogP contribution in [0.4, 0.5) is 0 Å². The van der Waals surface area contributed by atoms with Gasteiger partial charge in [0.1, 0.15) is 0 Å². The standard InChI is InChI=1S/C9H20N2OS/c1-4-10-9(12)7-11(5-2)6-8(3)13/h8,13H,4-7H2,1-3H3,(H,10,12). The van der Waals surface area contributed by atoms with E-state index in [1.807, 2.05) is 13.8 Å². The Morgan fingerprint density at radius 1 is 1.54 bits per heavy atom. The minimum atomic E-state index is 0.0957. The Labute approximate surface area is 86.3 Å². The summed E-state index contributed by atoms with van der Waals surface area (Å²) >= 11 is 4.29. The fraction of sp³-hybridized carbons (Fsp3) is 0.889. The van der Waals surface area contributed by atoms with E-state index in [0.717, 1.165) is 13.1 Å². The topological polar surface area (TPSA) is 32.3 Å². The molecule has 4 heteroatoms. The summed E-state index contributed by atoms with van der Waals surface area (Å²) < 4.78 is 0. The number of rotatable bonds is 6. The largest absolute Gasteiger partial charge is 0.355 e. The van der Waals surface area contributed by atoms with Crippen molar-refractivity contribution in [1.29, 1.82) is 0 Å². The molecule has 3 nitrogen and oxygen atoms in total. The Morgan fingerprint density at radius 3 is 2.54 bits per heavy atom. The van der Waals surface area contributed by atoms with Gasteiger partial charge < -0.3 is 5.32 Å². The van der Waals surface area contributed by atoms with Crippen molar-refractivity contribution in [2.24, 2.45) is 0 Å². The van der Waals surface area contributed by atoms with E-state index in [9.17, 15) is 4.79 Å². The van der Waals surface area contributed by atoms with E-state index in [1.54, 1.807) is 0 Å². The summed E-state index contributed by atoms with van der Waals surface area (Å²) in [6.45, 7) is 8.94. The maximum absolute atomic E-state index is 11.2. The minimum Gasteiger partial charge on any atom is -0.355 e. The summed E-state index contributed by atoms with van der Waals surface area (Å²) in [6, 6.07) is 0. The van der Waals surface area contributed by atoms with Gasteiger partial charge in [-0.25, -0.2) is 0 Å². The average molecular weight is 204 g/mol. The molecule has 0 aromatic rings. The Kier molecular flexibility index (Phi) is 7.09. The molecule has 0 bridgehead atoms. The summed E-state index contributed by atoms with van der Waals surface area (Å²) in [5.74, 6) is 0.0957. The second-order valence-corrected chi connectivity index (χ2v) is 4.01. The van der Waals surface area contributed by atoms with E-state index in [1.165, 1.54) is 0 Å². The average Bonchev–Trinajstić information content (AvgIpc) is 2.02. The lowest BCUT2D eigenvalue weighted by atomic mass is 10.4. The second-order valence-electron chi connectivity index (χ2n) is 3.13. The highest BCUT2D eigenvalue weighted by atomic mass is 32.1. The zero-order valence-electron chi connectivity index (χ0n) is 8.71. The van der Waals surface area contributed by atoms with Gasteiger partial charge in [0.05, 0.1) is 6.54 Å². The predicted octanol–water partition coefficient (Wildman–Crippen LogP) is 0.763. The molecule has 0 fully saturated rings. The number of hydrogen-bond acceptors (Lipinski definition) is 3. The first-order valence-electron chi connectivity index (χ1n) is 4.77. The first-order valence-corrected chi connectivity index (χ1v) is 5.28. The van der Waals surface area contributed by atoms with E-state index in [4.69, 9.17) is 0 Å². The van der Waals surface area contributed by atoms with Gasteiger partial charge in [-0.3, -0.25) is 9.69 Å². The molecule has 78 valence electrons. The molecule has 1 amide bonds. The van der Waals surface area contributed by atoms with Crippen LogP contribution in [-0.2, 0) is 4.79 Å². The molecule has 0 saturated carbocycles. The van der Waals surface area contributed by atoms with Gasteiger partial charge in [-0.1, -0.05) is 13.8 Å². The lowest BCUT2D eigenvalue weighted by molar-refractivity contribution is -0.122. The SMILES string of the molecule is CCNC(=O)CN(CC)CC(C)S. The van der Waals surface area contributed by atoms with E-state index in [0.29, 0.717) is 18.3 Å². The monoisotopic (exact) mass is 204 g/mol. The zero-order valence-corrected chi connectivity index (χ0v) is 9.60. The molecule has 1 atom stereocenters. The summed E-state index contributed by atoms with van der Waals surface area (Å²) in [5, 5.41) is 3.09. The third kappa shape index (κ3) is 6.90. The van der Waals surface area contributed by atoms with Crippen LogP contribution in [-0.4, -0.2) is 42.2 Å². The number of hydrogen-bond donors (Lipinski definition) is 2. The van der Waals surface area contributed by atoms with Gasteiger partial charge in [-0.2, -0.15) is 12.6 Å². The summed E-state index contributed by atoms with van der Waals surface area (Å²) in [5.41, 5.74) is 0. The van der Waals surface area contributed by atoms with E-state index >= 15 is 0 Å². The number of likely N-dealkylation sites (N-methyl/N-ethyl adjacent to an activating group) is 2. The van der Waals surface area contributed by atoms with Crippen molar-refractivity contribution in [2.75, 3.05) is 26.2 Å². The van der Waals surface area contributed by atoms with Gasteiger partial charge in [-0.05, 0) is 13.5 Å². The van der Waals surface area contributed by atoms with Crippen molar-refractivity contribution in [3.8, 4) is 0 Å². The van der Waals surface area contributed by atoms with Crippen LogP contribution in [0, 0.1) is 0 Å². The van der Waals surface area contributed by atoms with Crippen LogP contribution < -0.4 is 5.32 Å². The Hall–Kier alpha value is -0.220. The highest BCUT2D eigenvalue weighted by molar-refractivity contribution is 7.80. The normalized spacial score (nSPS) is 13.0. The Balaban J connectivity index is 3.76. The maximum Gasteiger partial charge on any atom is 0.234 e. The molecule has 0 aliphatic heterocycles. The molecule has 1 N–H and O–H groups in total.